The highest BCUT2D eigenvalue weighted by Crippen LogP contribution is 2.64. The van der Waals surface area contributed by atoms with Gasteiger partial charge in [0.05, 0.1) is 0 Å². The monoisotopic (exact) mass is 168 g/mol. The SMILES string of the molecule is CC.CC1(C)CCC2(C)CC2C1. The second kappa shape index (κ2) is 3.05. The molecular weight excluding hydrogens is 144 g/mol. The average molecular weight is 168 g/mol. The fraction of sp³-hybridized carbons (Fsp3) is 1.00. The first-order chi connectivity index (χ1) is 5.52. The van der Waals surface area contributed by atoms with E-state index in [1.807, 2.05) is 13.8 Å². The van der Waals surface area contributed by atoms with Crippen LogP contribution in [0.2, 0.25) is 0 Å². The summed E-state index contributed by atoms with van der Waals surface area (Å²) in [4.78, 5) is 0. The molecule has 0 heterocycles. The topological polar surface area (TPSA) is 0 Å². The smallest absolute Gasteiger partial charge is 0.0294 e. The lowest BCUT2D eigenvalue weighted by molar-refractivity contribution is 0.193. The highest BCUT2D eigenvalue weighted by atomic mass is 14.6. The summed E-state index contributed by atoms with van der Waals surface area (Å²) < 4.78 is 0. The van der Waals surface area contributed by atoms with Gasteiger partial charge < -0.3 is 0 Å². The minimum atomic E-state index is 0.667. The van der Waals surface area contributed by atoms with Crippen molar-refractivity contribution in [3.63, 3.8) is 0 Å². The van der Waals surface area contributed by atoms with Crippen molar-refractivity contribution < 1.29 is 0 Å². The predicted molar refractivity (Wildman–Crippen MR) is 55.2 cm³/mol. The van der Waals surface area contributed by atoms with Crippen LogP contribution in [-0.4, -0.2) is 0 Å². The van der Waals surface area contributed by atoms with Crippen LogP contribution >= 0.6 is 0 Å². The highest BCUT2D eigenvalue weighted by Gasteiger charge is 2.54. The molecule has 2 aliphatic carbocycles. The van der Waals surface area contributed by atoms with Crippen LogP contribution < -0.4 is 0 Å². The lowest BCUT2D eigenvalue weighted by atomic mass is 9.74. The van der Waals surface area contributed by atoms with Crippen LogP contribution in [0.1, 0.15) is 60.3 Å². The maximum atomic E-state index is 2.47. The van der Waals surface area contributed by atoms with Crippen LogP contribution in [0, 0.1) is 16.7 Å². The molecule has 2 atom stereocenters. The molecule has 0 aliphatic heterocycles. The van der Waals surface area contributed by atoms with E-state index in [0.717, 1.165) is 11.3 Å². The van der Waals surface area contributed by atoms with Crippen LogP contribution in [-0.2, 0) is 0 Å². The Morgan fingerprint density at radius 1 is 0.917 bits per heavy atom. The van der Waals surface area contributed by atoms with Crippen molar-refractivity contribution in [3.8, 4) is 0 Å². The fourth-order valence-corrected chi connectivity index (χ4v) is 2.52. The predicted octanol–water partition coefficient (Wildman–Crippen LogP) is 4.25. The summed E-state index contributed by atoms with van der Waals surface area (Å²) in [5.74, 6) is 1.09. The number of hydrogen-bond acceptors (Lipinski definition) is 0. The van der Waals surface area contributed by atoms with E-state index in [4.69, 9.17) is 0 Å². The molecule has 0 heteroatoms. The van der Waals surface area contributed by atoms with Gasteiger partial charge in [0.15, 0.2) is 0 Å². The summed E-state index contributed by atoms with van der Waals surface area (Å²) in [5.41, 5.74) is 1.47. The Kier molecular flexibility index (Phi) is 2.56. The summed E-state index contributed by atoms with van der Waals surface area (Å²) in [5, 5.41) is 0. The first-order valence-corrected chi connectivity index (χ1v) is 5.52. The molecular formula is C12H24. The molecule has 2 saturated carbocycles. The van der Waals surface area contributed by atoms with E-state index >= 15 is 0 Å². The van der Waals surface area contributed by atoms with Crippen molar-refractivity contribution in [1.29, 1.82) is 0 Å². The molecule has 0 aromatic heterocycles. The Hall–Kier alpha value is 0. The zero-order valence-corrected chi connectivity index (χ0v) is 9.41. The molecule has 2 unspecified atom stereocenters. The van der Waals surface area contributed by atoms with E-state index in [2.05, 4.69) is 20.8 Å². The zero-order chi connectivity index (χ0) is 9.41. The van der Waals surface area contributed by atoms with Crippen molar-refractivity contribution in [1.82, 2.24) is 0 Å². The molecule has 0 spiro atoms. The molecule has 0 amide bonds. The number of rotatable bonds is 0. The summed E-state index contributed by atoms with van der Waals surface area (Å²) >= 11 is 0. The standard InChI is InChI=1S/C10H18.C2H6/c1-9(2)4-5-10(3)7-8(10)6-9;1-2/h8H,4-7H2,1-3H3;1-2H3. The molecule has 0 aromatic rings. The van der Waals surface area contributed by atoms with Crippen molar-refractivity contribution in [2.75, 3.05) is 0 Å². The van der Waals surface area contributed by atoms with Crippen LogP contribution in [0.4, 0.5) is 0 Å². The van der Waals surface area contributed by atoms with Crippen molar-refractivity contribution in [2.45, 2.75) is 60.3 Å². The van der Waals surface area contributed by atoms with Gasteiger partial charge in [0.1, 0.15) is 0 Å². The van der Waals surface area contributed by atoms with Gasteiger partial charge in [0.25, 0.3) is 0 Å². The van der Waals surface area contributed by atoms with Crippen LogP contribution in [0.25, 0.3) is 0 Å². The van der Waals surface area contributed by atoms with Gasteiger partial charge in [-0.15, -0.1) is 0 Å². The molecule has 2 fully saturated rings. The normalized spacial score (nSPS) is 42.2. The second-order valence-electron chi connectivity index (χ2n) is 5.42. The van der Waals surface area contributed by atoms with Gasteiger partial charge in [-0.05, 0) is 42.4 Å². The first-order valence-electron chi connectivity index (χ1n) is 5.52. The largest absolute Gasteiger partial charge is 0.0683 e. The van der Waals surface area contributed by atoms with Gasteiger partial charge in [0, 0.05) is 0 Å². The Morgan fingerprint density at radius 2 is 1.50 bits per heavy atom. The van der Waals surface area contributed by atoms with Gasteiger partial charge in [0.2, 0.25) is 0 Å². The Morgan fingerprint density at radius 3 is 1.92 bits per heavy atom. The van der Waals surface area contributed by atoms with E-state index in [1.165, 1.54) is 25.7 Å². The third-order valence-electron chi connectivity index (χ3n) is 3.71. The molecule has 12 heavy (non-hydrogen) atoms. The summed E-state index contributed by atoms with van der Waals surface area (Å²) in [6, 6.07) is 0. The second-order valence-corrected chi connectivity index (χ2v) is 5.42. The first kappa shape index (κ1) is 10.1. The van der Waals surface area contributed by atoms with E-state index in [0.29, 0.717) is 5.41 Å². The Bertz CT molecular complexity index is 157. The zero-order valence-electron chi connectivity index (χ0n) is 9.41. The van der Waals surface area contributed by atoms with Crippen molar-refractivity contribution >= 4 is 0 Å². The molecule has 0 saturated heterocycles. The molecule has 0 nitrogen and oxygen atoms in total. The molecule has 0 radical (unpaired) electrons. The summed E-state index contributed by atoms with van der Waals surface area (Å²) in [7, 11) is 0. The van der Waals surface area contributed by atoms with Crippen LogP contribution in [0.15, 0.2) is 0 Å². The van der Waals surface area contributed by atoms with Crippen LogP contribution in [0.3, 0.4) is 0 Å². The molecule has 0 bridgehead atoms. The maximum Gasteiger partial charge on any atom is -0.0294 e. The lowest BCUT2D eigenvalue weighted by Gasteiger charge is -2.32. The third kappa shape index (κ3) is 1.84. The van der Waals surface area contributed by atoms with Crippen molar-refractivity contribution in [2.24, 2.45) is 16.7 Å². The minimum Gasteiger partial charge on any atom is -0.0683 e. The highest BCUT2D eigenvalue weighted by molar-refractivity contribution is 5.04. The maximum absolute atomic E-state index is 2.47. The number of hydrogen-bond donors (Lipinski definition) is 0. The van der Waals surface area contributed by atoms with Crippen molar-refractivity contribution in [3.05, 3.63) is 0 Å². The molecule has 2 aliphatic rings. The third-order valence-corrected chi connectivity index (χ3v) is 3.71. The van der Waals surface area contributed by atoms with E-state index in [-0.39, 0.29) is 0 Å². The van der Waals surface area contributed by atoms with Gasteiger partial charge in [-0.2, -0.15) is 0 Å². The fourth-order valence-electron chi connectivity index (χ4n) is 2.52. The van der Waals surface area contributed by atoms with Gasteiger partial charge in [-0.3, -0.25) is 0 Å². The molecule has 0 aromatic carbocycles. The van der Waals surface area contributed by atoms with E-state index in [9.17, 15) is 0 Å². The quantitative estimate of drug-likeness (QED) is 0.507. The van der Waals surface area contributed by atoms with Crippen LogP contribution in [0.5, 0.6) is 0 Å². The number of fused-ring (bicyclic) bond motifs is 1. The average Bonchev–Trinajstić information content (AvgIpc) is 2.64. The van der Waals surface area contributed by atoms with E-state index in [1.54, 1.807) is 0 Å². The van der Waals surface area contributed by atoms with Gasteiger partial charge in [-0.1, -0.05) is 34.6 Å². The Labute approximate surface area is 77.7 Å². The van der Waals surface area contributed by atoms with Gasteiger partial charge >= 0.3 is 0 Å². The summed E-state index contributed by atoms with van der Waals surface area (Å²) in [6.07, 6.45) is 5.96. The Balaban J connectivity index is 0.000000336. The van der Waals surface area contributed by atoms with E-state index < -0.39 is 0 Å². The summed E-state index contributed by atoms with van der Waals surface area (Å²) in [6.45, 7) is 11.3. The molecule has 0 N–H and O–H groups in total. The van der Waals surface area contributed by atoms with Gasteiger partial charge in [-0.25, -0.2) is 0 Å². The minimum absolute atomic E-state index is 0.667. The lowest BCUT2D eigenvalue weighted by Crippen LogP contribution is -2.20. The molecule has 72 valence electrons. The molecule has 2 rings (SSSR count).